The average Bonchev–Trinajstić information content (AvgIpc) is 2.53. The lowest BCUT2D eigenvalue weighted by molar-refractivity contribution is -0.124. The highest BCUT2D eigenvalue weighted by molar-refractivity contribution is 5.77. The molecule has 2 rings (SSSR count). The Morgan fingerprint density at radius 2 is 2.00 bits per heavy atom. The number of ether oxygens (including phenoxy) is 2. The molecule has 116 valence electrons. The molecule has 5 heteroatoms. The van der Waals surface area contributed by atoms with Gasteiger partial charge in [0.1, 0.15) is 5.75 Å². The van der Waals surface area contributed by atoms with Crippen LogP contribution in [0.1, 0.15) is 12.8 Å². The number of rotatable bonds is 7. The summed E-state index contributed by atoms with van der Waals surface area (Å²) >= 11 is 0. The molecule has 0 bridgehead atoms. The molecule has 0 spiro atoms. The van der Waals surface area contributed by atoms with Gasteiger partial charge in [-0.25, -0.2) is 0 Å². The molecule has 1 aliphatic heterocycles. The Morgan fingerprint density at radius 1 is 1.29 bits per heavy atom. The molecule has 1 heterocycles. The first-order valence-corrected chi connectivity index (χ1v) is 7.38. The highest BCUT2D eigenvalue weighted by Gasteiger charge is 2.32. The Morgan fingerprint density at radius 3 is 2.67 bits per heavy atom. The number of benzene rings is 1. The zero-order valence-corrected chi connectivity index (χ0v) is 12.6. The summed E-state index contributed by atoms with van der Waals surface area (Å²) in [7, 11) is 1.71. The van der Waals surface area contributed by atoms with E-state index < -0.39 is 0 Å². The van der Waals surface area contributed by atoms with Crippen molar-refractivity contribution < 1.29 is 14.3 Å². The Bertz CT molecular complexity index is 425. The number of piperidine rings is 1. The quantitative estimate of drug-likeness (QED) is 0.793. The minimum absolute atomic E-state index is 0.0441. The molecule has 5 nitrogen and oxygen atoms in total. The minimum Gasteiger partial charge on any atom is -0.484 e. The topological polar surface area (TPSA) is 59.6 Å². The lowest BCUT2D eigenvalue weighted by Gasteiger charge is -2.37. The SMILES string of the molecule is COCC1(CNC(=O)COc2ccccc2)CCNCC1. The van der Waals surface area contributed by atoms with Crippen LogP contribution in [0.3, 0.4) is 0 Å². The lowest BCUT2D eigenvalue weighted by Crippen LogP contribution is -2.47. The van der Waals surface area contributed by atoms with Gasteiger partial charge in [0, 0.05) is 19.1 Å². The van der Waals surface area contributed by atoms with Crippen molar-refractivity contribution in [2.24, 2.45) is 5.41 Å². The molecule has 0 unspecified atom stereocenters. The van der Waals surface area contributed by atoms with Gasteiger partial charge in [0.15, 0.2) is 6.61 Å². The Hall–Kier alpha value is -1.59. The highest BCUT2D eigenvalue weighted by atomic mass is 16.5. The van der Waals surface area contributed by atoms with Gasteiger partial charge in [-0.2, -0.15) is 0 Å². The Kier molecular flexibility index (Phi) is 6.02. The fraction of sp³-hybridized carbons (Fsp3) is 0.562. The third-order valence-corrected chi connectivity index (χ3v) is 3.89. The van der Waals surface area contributed by atoms with Crippen LogP contribution < -0.4 is 15.4 Å². The van der Waals surface area contributed by atoms with E-state index in [0.29, 0.717) is 18.9 Å². The molecule has 0 radical (unpaired) electrons. The number of methoxy groups -OCH3 is 1. The number of nitrogens with one attached hydrogen (secondary N) is 2. The number of carbonyl (C=O) groups excluding carboxylic acids is 1. The molecular weight excluding hydrogens is 268 g/mol. The van der Waals surface area contributed by atoms with Crippen LogP contribution in [0.15, 0.2) is 30.3 Å². The summed E-state index contributed by atoms with van der Waals surface area (Å²) in [6, 6.07) is 9.36. The van der Waals surface area contributed by atoms with E-state index in [1.54, 1.807) is 7.11 Å². The highest BCUT2D eigenvalue weighted by Crippen LogP contribution is 2.28. The van der Waals surface area contributed by atoms with Gasteiger partial charge >= 0.3 is 0 Å². The van der Waals surface area contributed by atoms with Gasteiger partial charge in [0.05, 0.1) is 6.61 Å². The fourth-order valence-electron chi connectivity index (χ4n) is 2.64. The molecule has 1 aliphatic rings. The van der Waals surface area contributed by atoms with Crippen LogP contribution >= 0.6 is 0 Å². The molecule has 1 amide bonds. The number of hydrogen-bond donors (Lipinski definition) is 2. The van der Waals surface area contributed by atoms with Crippen molar-refractivity contribution in [1.29, 1.82) is 0 Å². The van der Waals surface area contributed by atoms with E-state index in [-0.39, 0.29) is 17.9 Å². The molecule has 0 aliphatic carbocycles. The fourth-order valence-corrected chi connectivity index (χ4v) is 2.64. The summed E-state index contributed by atoms with van der Waals surface area (Å²) in [5.41, 5.74) is 0.0441. The zero-order valence-electron chi connectivity index (χ0n) is 12.6. The van der Waals surface area contributed by atoms with Gasteiger partial charge in [0.2, 0.25) is 0 Å². The molecular formula is C16H24N2O3. The van der Waals surface area contributed by atoms with Crippen LogP contribution in [-0.2, 0) is 9.53 Å². The third kappa shape index (κ3) is 5.02. The second-order valence-corrected chi connectivity index (χ2v) is 5.56. The number of carbonyl (C=O) groups is 1. The summed E-state index contributed by atoms with van der Waals surface area (Å²) in [6.45, 7) is 3.30. The first kappa shape index (κ1) is 15.8. The van der Waals surface area contributed by atoms with E-state index in [2.05, 4.69) is 10.6 Å². The van der Waals surface area contributed by atoms with E-state index >= 15 is 0 Å². The van der Waals surface area contributed by atoms with Gasteiger partial charge < -0.3 is 20.1 Å². The van der Waals surface area contributed by atoms with E-state index in [1.807, 2.05) is 30.3 Å². The molecule has 0 atom stereocenters. The van der Waals surface area contributed by atoms with E-state index in [1.165, 1.54) is 0 Å². The average molecular weight is 292 g/mol. The standard InChI is InChI=1S/C16H24N2O3/c1-20-13-16(7-9-17-10-8-16)12-18-15(19)11-21-14-5-3-2-4-6-14/h2-6,17H,7-13H2,1H3,(H,18,19). The normalized spacial score (nSPS) is 17.2. The predicted octanol–water partition coefficient (Wildman–Crippen LogP) is 1.20. The van der Waals surface area contributed by atoms with Gasteiger partial charge in [-0.1, -0.05) is 18.2 Å². The van der Waals surface area contributed by atoms with Crippen molar-refractivity contribution >= 4 is 5.91 Å². The van der Waals surface area contributed by atoms with Crippen LogP contribution in [0.2, 0.25) is 0 Å². The monoisotopic (exact) mass is 292 g/mol. The van der Waals surface area contributed by atoms with Crippen LogP contribution in [0, 0.1) is 5.41 Å². The second-order valence-electron chi connectivity index (χ2n) is 5.56. The van der Waals surface area contributed by atoms with Gasteiger partial charge in [-0.15, -0.1) is 0 Å². The maximum absolute atomic E-state index is 11.9. The predicted molar refractivity (Wildman–Crippen MR) is 81.4 cm³/mol. The largest absolute Gasteiger partial charge is 0.484 e. The van der Waals surface area contributed by atoms with Crippen LogP contribution in [0.5, 0.6) is 5.75 Å². The maximum atomic E-state index is 11.9. The molecule has 21 heavy (non-hydrogen) atoms. The van der Waals surface area contributed by atoms with Crippen molar-refractivity contribution in [3.05, 3.63) is 30.3 Å². The second kappa shape index (κ2) is 8.00. The Balaban J connectivity index is 1.76. The molecule has 1 aromatic rings. The van der Waals surface area contributed by atoms with Gasteiger partial charge in [-0.05, 0) is 38.1 Å². The van der Waals surface area contributed by atoms with Crippen molar-refractivity contribution in [2.45, 2.75) is 12.8 Å². The smallest absolute Gasteiger partial charge is 0.257 e. The lowest BCUT2D eigenvalue weighted by atomic mass is 9.79. The first-order valence-electron chi connectivity index (χ1n) is 7.38. The zero-order chi connectivity index (χ0) is 15.0. The number of hydrogen-bond acceptors (Lipinski definition) is 4. The van der Waals surface area contributed by atoms with Crippen molar-refractivity contribution in [3.8, 4) is 5.75 Å². The van der Waals surface area contributed by atoms with Crippen LogP contribution in [0.25, 0.3) is 0 Å². The summed E-state index contributed by atoms with van der Waals surface area (Å²) in [4.78, 5) is 11.9. The summed E-state index contributed by atoms with van der Waals surface area (Å²) < 4.78 is 10.8. The molecule has 1 aromatic carbocycles. The maximum Gasteiger partial charge on any atom is 0.257 e. The molecule has 2 N–H and O–H groups in total. The van der Waals surface area contributed by atoms with Gasteiger partial charge in [0.25, 0.3) is 5.91 Å². The molecule has 0 aromatic heterocycles. The first-order chi connectivity index (χ1) is 10.2. The summed E-state index contributed by atoms with van der Waals surface area (Å²) in [5, 5.41) is 6.32. The van der Waals surface area contributed by atoms with E-state index in [9.17, 15) is 4.79 Å². The van der Waals surface area contributed by atoms with Crippen molar-refractivity contribution in [3.63, 3.8) is 0 Å². The molecule has 0 saturated carbocycles. The van der Waals surface area contributed by atoms with Crippen molar-refractivity contribution in [2.75, 3.05) is 40.0 Å². The Labute approximate surface area is 126 Å². The van der Waals surface area contributed by atoms with Gasteiger partial charge in [-0.3, -0.25) is 4.79 Å². The molecule has 1 fully saturated rings. The van der Waals surface area contributed by atoms with E-state index in [4.69, 9.17) is 9.47 Å². The van der Waals surface area contributed by atoms with Crippen LogP contribution in [-0.4, -0.2) is 45.9 Å². The summed E-state index contributed by atoms with van der Waals surface area (Å²) in [6.07, 6.45) is 2.03. The number of amides is 1. The van der Waals surface area contributed by atoms with Crippen molar-refractivity contribution in [1.82, 2.24) is 10.6 Å². The molecule has 1 saturated heterocycles. The van der Waals surface area contributed by atoms with E-state index in [0.717, 1.165) is 25.9 Å². The minimum atomic E-state index is -0.0899. The van der Waals surface area contributed by atoms with Crippen LogP contribution in [0.4, 0.5) is 0 Å². The summed E-state index contributed by atoms with van der Waals surface area (Å²) in [5.74, 6) is 0.619. The number of para-hydroxylation sites is 1. The third-order valence-electron chi connectivity index (χ3n) is 3.89.